The molecule has 6 heteroatoms. The van der Waals surface area contributed by atoms with Crippen molar-refractivity contribution >= 4 is 5.97 Å². The van der Waals surface area contributed by atoms with Crippen LogP contribution in [0.5, 0.6) is 11.5 Å². The SMILES string of the molecule is COc1cc(CON)cc(C(=O)O)c1O. The highest BCUT2D eigenvalue weighted by Gasteiger charge is 2.15. The van der Waals surface area contributed by atoms with Gasteiger partial charge in [-0.05, 0) is 17.7 Å². The first-order valence-corrected chi connectivity index (χ1v) is 4.05. The lowest BCUT2D eigenvalue weighted by Crippen LogP contribution is -2.03. The molecule has 0 atom stereocenters. The fourth-order valence-corrected chi connectivity index (χ4v) is 1.16. The van der Waals surface area contributed by atoms with Crippen molar-refractivity contribution in [3.63, 3.8) is 0 Å². The maximum absolute atomic E-state index is 10.8. The number of carbonyl (C=O) groups is 1. The summed E-state index contributed by atoms with van der Waals surface area (Å²) in [6, 6.07) is 2.72. The van der Waals surface area contributed by atoms with Crippen molar-refractivity contribution in [2.75, 3.05) is 7.11 Å². The summed E-state index contributed by atoms with van der Waals surface area (Å²) >= 11 is 0. The van der Waals surface area contributed by atoms with Crippen LogP contribution in [0.2, 0.25) is 0 Å². The Hall–Kier alpha value is -1.79. The second kappa shape index (κ2) is 4.63. The van der Waals surface area contributed by atoms with Gasteiger partial charge in [-0.15, -0.1) is 0 Å². The molecule has 15 heavy (non-hydrogen) atoms. The zero-order valence-corrected chi connectivity index (χ0v) is 8.06. The lowest BCUT2D eigenvalue weighted by atomic mass is 10.1. The number of carboxylic acids is 1. The zero-order valence-electron chi connectivity index (χ0n) is 8.06. The predicted molar refractivity (Wildman–Crippen MR) is 50.6 cm³/mol. The fourth-order valence-electron chi connectivity index (χ4n) is 1.16. The van der Waals surface area contributed by atoms with Crippen LogP contribution in [0.1, 0.15) is 15.9 Å². The summed E-state index contributed by atoms with van der Waals surface area (Å²) in [6.07, 6.45) is 0. The second-order valence-corrected chi connectivity index (χ2v) is 2.81. The maximum Gasteiger partial charge on any atom is 0.339 e. The minimum absolute atomic E-state index is 0.0386. The van der Waals surface area contributed by atoms with Gasteiger partial charge >= 0.3 is 5.97 Å². The van der Waals surface area contributed by atoms with E-state index in [0.717, 1.165) is 0 Å². The van der Waals surface area contributed by atoms with Crippen molar-refractivity contribution < 1.29 is 24.6 Å². The van der Waals surface area contributed by atoms with Crippen molar-refractivity contribution in [1.82, 2.24) is 0 Å². The third-order valence-corrected chi connectivity index (χ3v) is 1.84. The van der Waals surface area contributed by atoms with E-state index in [0.29, 0.717) is 5.56 Å². The summed E-state index contributed by atoms with van der Waals surface area (Å²) in [4.78, 5) is 15.1. The normalized spacial score (nSPS) is 10.0. The van der Waals surface area contributed by atoms with E-state index in [9.17, 15) is 9.90 Å². The number of carboxylic acid groups (broad SMARTS) is 1. The lowest BCUT2D eigenvalue weighted by molar-refractivity contribution is 0.0692. The van der Waals surface area contributed by atoms with Crippen LogP contribution in [0.25, 0.3) is 0 Å². The molecular weight excluding hydrogens is 202 g/mol. The minimum atomic E-state index is -1.25. The van der Waals surface area contributed by atoms with Crippen molar-refractivity contribution in [3.05, 3.63) is 23.3 Å². The van der Waals surface area contributed by atoms with Gasteiger partial charge in [0.15, 0.2) is 11.5 Å². The number of phenols is 1. The molecule has 0 amide bonds. The molecule has 0 saturated carbocycles. The van der Waals surface area contributed by atoms with E-state index in [-0.39, 0.29) is 17.9 Å². The summed E-state index contributed by atoms with van der Waals surface area (Å²) in [5.74, 6) is 3.28. The average Bonchev–Trinajstić information content (AvgIpc) is 2.20. The van der Waals surface area contributed by atoms with Crippen LogP contribution in [0.3, 0.4) is 0 Å². The molecule has 1 aromatic carbocycles. The standard InChI is InChI=1S/C9H11NO5/c1-14-7-3-5(4-15-10)2-6(8(7)11)9(12)13/h2-3,11H,4,10H2,1H3,(H,12,13). The van der Waals surface area contributed by atoms with Crippen LogP contribution >= 0.6 is 0 Å². The van der Waals surface area contributed by atoms with Crippen LogP contribution in [0.15, 0.2) is 12.1 Å². The van der Waals surface area contributed by atoms with Crippen LogP contribution in [-0.2, 0) is 11.4 Å². The molecule has 0 bridgehead atoms. The highest BCUT2D eigenvalue weighted by Crippen LogP contribution is 2.31. The third-order valence-electron chi connectivity index (χ3n) is 1.84. The van der Waals surface area contributed by atoms with Crippen LogP contribution in [-0.4, -0.2) is 23.3 Å². The number of methoxy groups -OCH3 is 1. The molecule has 0 aromatic heterocycles. The molecule has 1 aromatic rings. The molecule has 0 aliphatic carbocycles. The second-order valence-electron chi connectivity index (χ2n) is 2.81. The molecule has 82 valence electrons. The molecule has 0 saturated heterocycles. The first kappa shape index (κ1) is 11.3. The molecular formula is C9H11NO5. The molecule has 4 N–H and O–H groups in total. The maximum atomic E-state index is 10.8. The van der Waals surface area contributed by atoms with E-state index < -0.39 is 11.7 Å². The van der Waals surface area contributed by atoms with Gasteiger partial charge in [-0.1, -0.05) is 0 Å². The summed E-state index contributed by atoms with van der Waals surface area (Å²) in [5, 5.41) is 18.3. The van der Waals surface area contributed by atoms with Crippen molar-refractivity contribution in [1.29, 1.82) is 0 Å². The summed E-state index contributed by atoms with van der Waals surface area (Å²) in [7, 11) is 1.33. The Balaban J connectivity index is 3.25. The van der Waals surface area contributed by atoms with Crippen molar-refractivity contribution in [2.24, 2.45) is 5.90 Å². The Kier molecular flexibility index (Phi) is 3.48. The van der Waals surface area contributed by atoms with Gasteiger partial charge in [0.2, 0.25) is 0 Å². The first-order chi connectivity index (χ1) is 7.10. The lowest BCUT2D eigenvalue weighted by Gasteiger charge is -2.08. The number of aromatic carboxylic acids is 1. The molecule has 0 fully saturated rings. The Bertz CT molecular complexity index is 377. The van der Waals surface area contributed by atoms with Gasteiger partial charge in [-0.2, -0.15) is 0 Å². The quantitative estimate of drug-likeness (QED) is 0.629. The number of hydrogen-bond acceptors (Lipinski definition) is 5. The Labute approximate surface area is 85.8 Å². The van der Waals surface area contributed by atoms with E-state index in [4.69, 9.17) is 15.7 Å². The predicted octanol–water partition coefficient (Wildman–Crippen LogP) is 0.489. The Morgan fingerprint density at radius 2 is 2.20 bits per heavy atom. The fraction of sp³-hybridized carbons (Fsp3) is 0.222. The summed E-state index contributed by atoms with van der Waals surface area (Å²) < 4.78 is 4.81. The summed E-state index contributed by atoms with van der Waals surface area (Å²) in [6.45, 7) is 0.0386. The molecule has 0 aliphatic rings. The number of hydrogen-bond donors (Lipinski definition) is 3. The number of rotatable bonds is 4. The summed E-state index contributed by atoms with van der Waals surface area (Å²) in [5.41, 5.74) is 0.256. The Morgan fingerprint density at radius 3 is 2.67 bits per heavy atom. The molecule has 0 radical (unpaired) electrons. The highest BCUT2D eigenvalue weighted by molar-refractivity contribution is 5.92. The smallest absolute Gasteiger partial charge is 0.339 e. The van der Waals surface area contributed by atoms with Crippen molar-refractivity contribution in [2.45, 2.75) is 6.61 Å². The van der Waals surface area contributed by atoms with Gasteiger partial charge in [0.25, 0.3) is 0 Å². The van der Waals surface area contributed by atoms with Gasteiger partial charge in [-0.3, -0.25) is 4.84 Å². The molecule has 0 spiro atoms. The van der Waals surface area contributed by atoms with Gasteiger partial charge in [0.1, 0.15) is 5.56 Å². The number of ether oxygens (including phenoxy) is 1. The number of nitrogens with two attached hydrogens (primary N) is 1. The van der Waals surface area contributed by atoms with E-state index in [2.05, 4.69) is 4.84 Å². The van der Waals surface area contributed by atoms with E-state index in [1.165, 1.54) is 19.2 Å². The van der Waals surface area contributed by atoms with Gasteiger partial charge in [0.05, 0.1) is 13.7 Å². The highest BCUT2D eigenvalue weighted by atomic mass is 16.6. The molecule has 1 rings (SSSR count). The van der Waals surface area contributed by atoms with Crippen LogP contribution in [0.4, 0.5) is 0 Å². The number of aromatic hydroxyl groups is 1. The monoisotopic (exact) mass is 213 g/mol. The largest absolute Gasteiger partial charge is 0.504 e. The van der Waals surface area contributed by atoms with Crippen LogP contribution in [0, 0.1) is 0 Å². The molecule has 6 nitrogen and oxygen atoms in total. The zero-order chi connectivity index (χ0) is 11.4. The van der Waals surface area contributed by atoms with Gasteiger partial charge in [-0.25, -0.2) is 10.7 Å². The minimum Gasteiger partial charge on any atom is -0.504 e. The Morgan fingerprint density at radius 1 is 1.53 bits per heavy atom. The van der Waals surface area contributed by atoms with E-state index in [1.807, 2.05) is 0 Å². The van der Waals surface area contributed by atoms with E-state index >= 15 is 0 Å². The first-order valence-electron chi connectivity index (χ1n) is 4.05. The van der Waals surface area contributed by atoms with Crippen LogP contribution < -0.4 is 10.6 Å². The topological polar surface area (TPSA) is 102 Å². The third kappa shape index (κ3) is 2.36. The van der Waals surface area contributed by atoms with E-state index in [1.54, 1.807) is 0 Å². The van der Waals surface area contributed by atoms with Gasteiger partial charge in [0, 0.05) is 0 Å². The molecule has 0 aliphatic heterocycles. The van der Waals surface area contributed by atoms with Crippen molar-refractivity contribution in [3.8, 4) is 11.5 Å². The molecule has 0 heterocycles. The molecule has 0 unspecified atom stereocenters. The number of benzene rings is 1. The van der Waals surface area contributed by atoms with Gasteiger partial charge < -0.3 is 14.9 Å². The average molecular weight is 213 g/mol.